The SMILES string of the molecule is CC(NS(=O)(=O)c1ccc(N2CCCC2=O)cc1)c1ccc(C(C)(C)C)cc1. The molecule has 1 heterocycles. The summed E-state index contributed by atoms with van der Waals surface area (Å²) in [5, 5.41) is 0. The summed E-state index contributed by atoms with van der Waals surface area (Å²) in [5.41, 5.74) is 2.92. The summed E-state index contributed by atoms with van der Waals surface area (Å²) in [5.74, 6) is 0.0843. The first kappa shape index (κ1) is 20.6. The average molecular weight is 401 g/mol. The number of hydrogen-bond acceptors (Lipinski definition) is 3. The molecule has 6 heteroatoms. The van der Waals surface area contributed by atoms with Crippen molar-refractivity contribution in [3.8, 4) is 0 Å². The minimum absolute atomic E-state index is 0.0553. The summed E-state index contributed by atoms with van der Waals surface area (Å²) in [6.45, 7) is 8.96. The normalized spacial score (nSPS) is 16.4. The predicted molar refractivity (Wildman–Crippen MR) is 112 cm³/mol. The minimum atomic E-state index is -3.65. The highest BCUT2D eigenvalue weighted by Crippen LogP contribution is 2.26. The van der Waals surface area contributed by atoms with Crippen molar-refractivity contribution in [3.63, 3.8) is 0 Å². The molecule has 1 atom stereocenters. The summed E-state index contributed by atoms with van der Waals surface area (Å²) in [6, 6.07) is 14.2. The van der Waals surface area contributed by atoms with Crippen LogP contribution in [0.4, 0.5) is 5.69 Å². The average Bonchev–Trinajstić information content (AvgIpc) is 3.07. The highest BCUT2D eigenvalue weighted by Gasteiger charge is 2.23. The van der Waals surface area contributed by atoms with Crippen LogP contribution in [0.3, 0.4) is 0 Å². The minimum Gasteiger partial charge on any atom is -0.312 e. The Morgan fingerprint density at radius 1 is 1.00 bits per heavy atom. The summed E-state index contributed by atoms with van der Waals surface area (Å²) >= 11 is 0. The first-order valence-corrected chi connectivity index (χ1v) is 11.1. The van der Waals surface area contributed by atoms with E-state index in [1.165, 1.54) is 5.56 Å². The van der Waals surface area contributed by atoms with E-state index in [-0.39, 0.29) is 22.3 Å². The first-order chi connectivity index (χ1) is 13.1. The molecule has 2 aromatic rings. The van der Waals surface area contributed by atoms with E-state index in [4.69, 9.17) is 0 Å². The van der Waals surface area contributed by atoms with Gasteiger partial charge in [0, 0.05) is 24.7 Å². The van der Waals surface area contributed by atoms with Gasteiger partial charge in [0.05, 0.1) is 4.90 Å². The van der Waals surface area contributed by atoms with Crippen LogP contribution in [-0.2, 0) is 20.2 Å². The largest absolute Gasteiger partial charge is 0.312 e. The number of rotatable bonds is 5. The van der Waals surface area contributed by atoms with Crippen molar-refractivity contribution in [2.24, 2.45) is 0 Å². The van der Waals surface area contributed by atoms with Crippen molar-refractivity contribution in [2.75, 3.05) is 11.4 Å². The van der Waals surface area contributed by atoms with E-state index in [1.807, 2.05) is 31.2 Å². The Labute approximate surface area is 167 Å². The maximum absolute atomic E-state index is 12.7. The lowest BCUT2D eigenvalue weighted by Crippen LogP contribution is -2.27. The molecule has 0 spiro atoms. The van der Waals surface area contributed by atoms with Crippen molar-refractivity contribution >= 4 is 21.6 Å². The highest BCUT2D eigenvalue weighted by molar-refractivity contribution is 7.89. The van der Waals surface area contributed by atoms with Gasteiger partial charge in [-0.2, -0.15) is 0 Å². The summed E-state index contributed by atoms with van der Waals surface area (Å²) in [4.78, 5) is 13.7. The van der Waals surface area contributed by atoms with Crippen LogP contribution in [0.2, 0.25) is 0 Å². The van der Waals surface area contributed by atoms with E-state index in [0.29, 0.717) is 13.0 Å². The van der Waals surface area contributed by atoms with Gasteiger partial charge in [0.1, 0.15) is 0 Å². The third kappa shape index (κ3) is 4.45. The van der Waals surface area contributed by atoms with Crippen molar-refractivity contribution in [3.05, 3.63) is 59.7 Å². The number of benzene rings is 2. The van der Waals surface area contributed by atoms with Gasteiger partial charge >= 0.3 is 0 Å². The van der Waals surface area contributed by atoms with Crippen LogP contribution in [-0.4, -0.2) is 20.9 Å². The van der Waals surface area contributed by atoms with E-state index in [9.17, 15) is 13.2 Å². The summed E-state index contributed by atoms with van der Waals surface area (Å²) < 4.78 is 28.2. The molecular formula is C22H28N2O3S. The number of carbonyl (C=O) groups is 1. The van der Waals surface area contributed by atoms with Crippen LogP contribution in [0, 0.1) is 0 Å². The van der Waals surface area contributed by atoms with Crippen molar-refractivity contribution < 1.29 is 13.2 Å². The molecule has 1 fully saturated rings. The van der Waals surface area contributed by atoms with Crippen LogP contribution < -0.4 is 9.62 Å². The Morgan fingerprint density at radius 2 is 1.61 bits per heavy atom. The third-order valence-electron chi connectivity index (χ3n) is 5.14. The number of nitrogens with one attached hydrogen (secondary N) is 1. The maximum Gasteiger partial charge on any atom is 0.241 e. The number of nitrogens with zero attached hydrogens (tertiary/aromatic N) is 1. The van der Waals surface area contributed by atoms with Crippen LogP contribution in [0.1, 0.15) is 57.7 Å². The zero-order valence-electron chi connectivity index (χ0n) is 16.9. The molecule has 1 aliphatic rings. The molecule has 28 heavy (non-hydrogen) atoms. The van der Waals surface area contributed by atoms with E-state index < -0.39 is 10.0 Å². The molecule has 0 bridgehead atoms. The van der Waals surface area contributed by atoms with Gasteiger partial charge in [-0.15, -0.1) is 0 Å². The maximum atomic E-state index is 12.7. The summed E-state index contributed by atoms with van der Waals surface area (Å²) in [6.07, 6.45) is 1.39. The van der Waals surface area contributed by atoms with Gasteiger partial charge in [0.15, 0.2) is 0 Å². The molecule has 0 radical (unpaired) electrons. The second kappa shape index (κ2) is 7.68. The van der Waals surface area contributed by atoms with E-state index >= 15 is 0 Å². The van der Waals surface area contributed by atoms with Gasteiger partial charge in [0.2, 0.25) is 15.9 Å². The zero-order valence-corrected chi connectivity index (χ0v) is 17.7. The molecular weight excluding hydrogens is 372 g/mol. The van der Waals surface area contributed by atoms with Gasteiger partial charge in [-0.1, -0.05) is 45.0 Å². The lowest BCUT2D eigenvalue weighted by atomic mass is 9.86. The monoisotopic (exact) mass is 400 g/mol. The number of amides is 1. The molecule has 1 amide bonds. The van der Waals surface area contributed by atoms with Crippen molar-refractivity contribution in [1.82, 2.24) is 4.72 Å². The van der Waals surface area contributed by atoms with Gasteiger partial charge in [-0.05, 0) is 54.2 Å². The molecule has 2 aromatic carbocycles. The Hall–Kier alpha value is -2.18. The third-order valence-corrected chi connectivity index (χ3v) is 6.70. The fourth-order valence-corrected chi connectivity index (χ4v) is 4.60. The lowest BCUT2D eigenvalue weighted by Gasteiger charge is -2.21. The molecule has 150 valence electrons. The van der Waals surface area contributed by atoms with Gasteiger partial charge in [-0.25, -0.2) is 13.1 Å². The Bertz CT molecular complexity index is 943. The molecule has 0 saturated carbocycles. The van der Waals surface area contributed by atoms with Crippen LogP contribution >= 0.6 is 0 Å². The van der Waals surface area contributed by atoms with Gasteiger partial charge in [0.25, 0.3) is 0 Å². The van der Waals surface area contributed by atoms with E-state index in [2.05, 4.69) is 25.5 Å². The second-order valence-electron chi connectivity index (χ2n) is 8.36. The van der Waals surface area contributed by atoms with Crippen LogP contribution in [0.25, 0.3) is 0 Å². The van der Waals surface area contributed by atoms with Gasteiger partial charge < -0.3 is 4.90 Å². The first-order valence-electron chi connectivity index (χ1n) is 9.61. The van der Waals surface area contributed by atoms with Crippen LogP contribution in [0.5, 0.6) is 0 Å². The van der Waals surface area contributed by atoms with Gasteiger partial charge in [-0.3, -0.25) is 4.79 Å². The van der Waals surface area contributed by atoms with Crippen molar-refractivity contribution in [1.29, 1.82) is 0 Å². The summed E-state index contributed by atoms with van der Waals surface area (Å²) in [7, 11) is -3.65. The Kier molecular flexibility index (Phi) is 5.64. The topological polar surface area (TPSA) is 66.5 Å². The molecule has 1 saturated heterocycles. The molecule has 1 unspecified atom stereocenters. The molecule has 1 aliphatic heterocycles. The second-order valence-corrected chi connectivity index (χ2v) is 10.1. The quantitative estimate of drug-likeness (QED) is 0.820. The number of carbonyl (C=O) groups excluding carboxylic acids is 1. The molecule has 0 aromatic heterocycles. The van der Waals surface area contributed by atoms with E-state index in [1.54, 1.807) is 29.2 Å². The number of sulfonamides is 1. The Morgan fingerprint density at radius 3 is 2.11 bits per heavy atom. The number of anilines is 1. The number of hydrogen-bond donors (Lipinski definition) is 1. The fraction of sp³-hybridized carbons (Fsp3) is 0.409. The van der Waals surface area contributed by atoms with E-state index in [0.717, 1.165) is 17.7 Å². The molecule has 1 N–H and O–H groups in total. The smallest absolute Gasteiger partial charge is 0.241 e. The van der Waals surface area contributed by atoms with Crippen molar-refractivity contribution in [2.45, 2.75) is 56.9 Å². The molecule has 5 nitrogen and oxygen atoms in total. The highest BCUT2D eigenvalue weighted by atomic mass is 32.2. The standard InChI is InChI=1S/C22H28N2O3S/c1-16(17-7-9-18(10-8-17)22(2,3)4)23-28(26,27)20-13-11-19(12-14-20)24-15-5-6-21(24)25/h7-14,16,23H,5-6,15H2,1-4H3. The molecule has 3 rings (SSSR count). The Balaban J connectivity index is 1.73. The predicted octanol–water partition coefficient (Wildman–Crippen LogP) is 4.15. The zero-order chi connectivity index (χ0) is 20.5. The fourth-order valence-electron chi connectivity index (χ4n) is 3.37. The molecule has 0 aliphatic carbocycles. The lowest BCUT2D eigenvalue weighted by molar-refractivity contribution is -0.117. The van der Waals surface area contributed by atoms with Crippen LogP contribution in [0.15, 0.2) is 53.4 Å².